The smallest absolute Gasteiger partial charge is 0.213 e. The van der Waals surface area contributed by atoms with E-state index in [1.807, 2.05) is 0 Å². The highest BCUT2D eigenvalue weighted by Gasteiger charge is 2.14. The van der Waals surface area contributed by atoms with Crippen LogP contribution in [0.15, 0.2) is 22.8 Å². The summed E-state index contributed by atoms with van der Waals surface area (Å²) in [6.07, 6.45) is 1.81. The Balaban J connectivity index is 2.34. The number of rotatable bonds is 3. The molecule has 0 saturated heterocycles. The van der Waals surface area contributed by atoms with Gasteiger partial charge in [-0.3, -0.25) is 4.40 Å². The van der Waals surface area contributed by atoms with E-state index in [1.54, 1.807) is 0 Å². The molecule has 1 aromatic carbocycles. The number of fused-ring (bicyclic) bond motifs is 3. The first kappa shape index (κ1) is 11.7. The number of aryl methyl sites for hydroxylation is 1. The predicted molar refractivity (Wildman–Crippen MR) is 76.9 cm³/mol. The van der Waals surface area contributed by atoms with Crippen LogP contribution in [0, 0.1) is 0 Å². The Labute approximate surface area is 113 Å². The summed E-state index contributed by atoms with van der Waals surface area (Å²) in [4.78, 5) is 8.02. The number of benzene rings is 1. The first-order chi connectivity index (χ1) is 8.76. The van der Waals surface area contributed by atoms with Crippen LogP contribution in [0.4, 0.5) is 0 Å². The summed E-state index contributed by atoms with van der Waals surface area (Å²) in [5.74, 6) is 0.876. The van der Waals surface area contributed by atoms with Gasteiger partial charge in [0.15, 0.2) is 0 Å². The number of H-pyrrole nitrogens is 1. The molecule has 0 unspecified atom stereocenters. The third-order valence-electron chi connectivity index (χ3n) is 3.25. The van der Waals surface area contributed by atoms with Crippen LogP contribution in [0.5, 0.6) is 0 Å². The first-order valence-corrected chi connectivity index (χ1v) is 6.92. The van der Waals surface area contributed by atoms with Crippen LogP contribution in [-0.4, -0.2) is 20.9 Å². The van der Waals surface area contributed by atoms with Crippen LogP contribution in [0.3, 0.4) is 0 Å². The van der Waals surface area contributed by atoms with Crippen molar-refractivity contribution >= 4 is 32.7 Å². The van der Waals surface area contributed by atoms with E-state index < -0.39 is 0 Å². The number of nitrogens with zero attached hydrogens (tertiary/aromatic N) is 2. The van der Waals surface area contributed by atoms with Gasteiger partial charge in [0.05, 0.1) is 16.7 Å². The Morgan fingerprint density at radius 1 is 1.44 bits per heavy atom. The average Bonchev–Trinajstić information content (AvgIpc) is 2.88. The Kier molecular flexibility index (Phi) is 2.87. The van der Waals surface area contributed by atoms with Crippen LogP contribution >= 0.6 is 15.9 Å². The van der Waals surface area contributed by atoms with Crippen molar-refractivity contribution in [3.05, 3.63) is 34.1 Å². The quantitative estimate of drug-likeness (QED) is 0.781. The Morgan fingerprint density at radius 2 is 2.28 bits per heavy atom. The van der Waals surface area contributed by atoms with E-state index in [1.165, 1.54) is 5.56 Å². The molecule has 0 aliphatic carbocycles. The number of para-hydroxylation sites is 1. The molecule has 0 atom stereocenters. The lowest BCUT2D eigenvalue weighted by Gasteiger charge is -1.99. The van der Waals surface area contributed by atoms with Gasteiger partial charge >= 0.3 is 0 Å². The molecule has 0 spiro atoms. The number of aromatic nitrogens is 3. The van der Waals surface area contributed by atoms with E-state index in [0.29, 0.717) is 6.54 Å². The second kappa shape index (κ2) is 4.40. The van der Waals surface area contributed by atoms with Crippen LogP contribution in [0.2, 0.25) is 0 Å². The maximum Gasteiger partial charge on any atom is 0.213 e. The van der Waals surface area contributed by atoms with Gasteiger partial charge in [-0.25, -0.2) is 4.98 Å². The summed E-state index contributed by atoms with van der Waals surface area (Å²) in [5, 5.41) is 0. The standard InChI is InChI=1S/C13H15BrN4/c1-2-8-4-3-5-10-11(8)17-13-16-9(6-7-15)12(14)18(10)13/h3-5H,2,6-7,15H2,1H3,(H,16,17). The maximum atomic E-state index is 5.61. The number of hydrogen-bond donors (Lipinski definition) is 2. The molecule has 2 heterocycles. The van der Waals surface area contributed by atoms with Gasteiger partial charge in [-0.2, -0.15) is 0 Å². The highest BCUT2D eigenvalue weighted by molar-refractivity contribution is 9.10. The van der Waals surface area contributed by atoms with Crippen molar-refractivity contribution in [2.24, 2.45) is 5.73 Å². The Hall–Kier alpha value is -1.33. The summed E-state index contributed by atoms with van der Waals surface area (Å²) in [6, 6.07) is 6.31. The minimum Gasteiger partial charge on any atom is -0.330 e. The number of nitrogens with two attached hydrogens (primary N) is 1. The molecule has 4 nitrogen and oxygen atoms in total. The molecule has 3 N–H and O–H groups in total. The highest BCUT2D eigenvalue weighted by Crippen LogP contribution is 2.26. The fourth-order valence-electron chi connectivity index (χ4n) is 2.36. The number of halogens is 1. The van der Waals surface area contributed by atoms with Crippen LogP contribution in [0.25, 0.3) is 16.8 Å². The molecule has 0 fully saturated rings. The molecule has 5 heteroatoms. The third kappa shape index (κ3) is 1.58. The molecular formula is C13H15BrN4. The zero-order chi connectivity index (χ0) is 12.7. The van der Waals surface area contributed by atoms with Crippen molar-refractivity contribution in [3.8, 4) is 0 Å². The molecule has 3 rings (SSSR count). The zero-order valence-corrected chi connectivity index (χ0v) is 11.8. The highest BCUT2D eigenvalue weighted by atomic mass is 79.9. The molecule has 0 aliphatic rings. The minimum absolute atomic E-state index is 0.625. The van der Waals surface area contributed by atoms with Gasteiger partial charge in [0, 0.05) is 6.42 Å². The Bertz CT molecular complexity index is 710. The molecular weight excluding hydrogens is 292 g/mol. The van der Waals surface area contributed by atoms with Crippen LogP contribution in [-0.2, 0) is 12.8 Å². The number of nitrogens with one attached hydrogen (secondary N) is 1. The molecule has 3 aromatic rings. The first-order valence-electron chi connectivity index (χ1n) is 6.12. The van der Waals surface area contributed by atoms with E-state index in [9.17, 15) is 0 Å². The summed E-state index contributed by atoms with van der Waals surface area (Å²) in [7, 11) is 0. The zero-order valence-electron chi connectivity index (χ0n) is 10.2. The van der Waals surface area contributed by atoms with Crippen molar-refractivity contribution in [2.45, 2.75) is 19.8 Å². The van der Waals surface area contributed by atoms with E-state index in [4.69, 9.17) is 5.73 Å². The molecule has 0 amide bonds. The molecule has 0 aliphatic heterocycles. The monoisotopic (exact) mass is 306 g/mol. The van der Waals surface area contributed by atoms with Gasteiger partial charge in [-0.05, 0) is 40.5 Å². The van der Waals surface area contributed by atoms with Crippen LogP contribution in [0.1, 0.15) is 18.2 Å². The minimum atomic E-state index is 0.625. The van der Waals surface area contributed by atoms with Gasteiger partial charge in [-0.15, -0.1) is 0 Å². The van der Waals surface area contributed by atoms with Gasteiger partial charge in [0.25, 0.3) is 0 Å². The Morgan fingerprint density at radius 3 is 3.00 bits per heavy atom. The normalized spacial score (nSPS) is 11.7. The summed E-state index contributed by atoms with van der Waals surface area (Å²) in [6.45, 7) is 2.78. The lowest BCUT2D eigenvalue weighted by molar-refractivity contribution is 0.928. The summed E-state index contributed by atoms with van der Waals surface area (Å²) in [5.41, 5.74) is 10.2. The van der Waals surface area contributed by atoms with Crippen molar-refractivity contribution in [1.29, 1.82) is 0 Å². The second-order valence-corrected chi connectivity index (χ2v) is 5.09. The molecule has 94 valence electrons. The third-order valence-corrected chi connectivity index (χ3v) is 4.09. The lowest BCUT2D eigenvalue weighted by Crippen LogP contribution is -2.03. The van der Waals surface area contributed by atoms with E-state index in [0.717, 1.165) is 39.9 Å². The fraction of sp³-hybridized carbons (Fsp3) is 0.308. The van der Waals surface area contributed by atoms with Gasteiger partial charge in [-0.1, -0.05) is 19.1 Å². The second-order valence-electron chi connectivity index (χ2n) is 4.34. The maximum absolute atomic E-state index is 5.61. The van der Waals surface area contributed by atoms with Crippen molar-refractivity contribution in [2.75, 3.05) is 6.54 Å². The van der Waals surface area contributed by atoms with Crippen LogP contribution < -0.4 is 5.73 Å². The predicted octanol–water partition coefficient (Wildman–Crippen LogP) is 2.64. The summed E-state index contributed by atoms with van der Waals surface area (Å²) >= 11 is 3.64. The number of hydrogen-bond acceptors (Lipinski definition) is 2. The lowest BCUT2D eigenvalue weighted by atomic mass is 10.1. The average molecular weight is 307 g/mol. The molecule has 2 aromatic heterocycles. The van der Waals surface area contributed by atoms with Gasteiger partial charge < -0.3 is 10.7 Å². The van der Waals surface area contributed by atoms with E-state index >= 15 is 0 Å². The van der Waals surface area contributed by atoms with Crippen molar-refractivity contribution < 1.29 is 0 Å². The topological polar surface area (TPSA) is 59.1 Å². The van der Waals surface area contributed by atoms with Gasteiger partial charge in [0.2, 0.25) is 5.78 Å². The molecule has 18 heavy (non-hydrogen) atoms. The van der Waals surface area contributed by atoms with Crippen molar-refractivity contribution in [3.63, 3.8) is 0 Å². The molecule has 0 radical (unpaired) electrons. The molecule has 0 saturated carbocycles. The van der Waals surface area contributed by atoms with Crippen molar-refractivity contribution in [1.82, 2.24) is 14.4 Å². The summed E-state index contributed by atoms with van der Waals surface area (Å²) < 4.78 is 3.14. The van der Waals surface area contributed by atoms with E-state index in [2.05, 4.69) is 55.4 Å². The molecule has 0 bridgehead atoms. The van der Waals surface area contributed by atoms with Gasteiger partial charge in [0.1, 0.15) is 4.60 Å². The van der Waals surface area contributed by atoms with E-state index in [-0.39, 0.29) is 0 Å². The number of imidazole rings is 2. The fourth-order valence-corrected chi connectivity index (χ4v) is 3.01. The number of aromatic amines is 1. The SMILES string of the molecule is CCc1cccc2c1nc1[nH]c(CCN)c(Br)n12. The largest absolute Gasteiger partial charge is 0.330 e.